The summed E-state index contributed by atoms with van der Waals surface area (Å²) in [5.41, 5.74) is 3.11. The van der Waals surface area contributed by atoms with Crippen LogP contribution in [0.5, 0.6) is 0 Å². The molecule has 0 saturated carbocycles. The maximum atomic E-state index is 11.2. The van der Waals surface area contributed by atoms with E-state index in [-0.39, 0.29) is 5.91 Å². The summed E-state index contributed by atoms with van der Waals surface area (Å²) in [7, 11) is 0. The molecule has 4 nitrogen and oxygen atoms in total. The average Bonchev–Trinajstić information content (AvgIpc) is 2.60. The largest absolute Gasteiger partial charge is 0.323 e. The van der Waals surface area contributed by atoms with E-state index in [9.17, 15) is 4.79 Å². The Labute approximate surface area is 121 Å². The SMILES string of the molecule is CC(=O)Nc1c(C)nn(-c2ccc(Cl)c(Cl)c2)c1C. The van der Waals surface area contributed by atoms with Crippen molar-refractivity contribution < 1.29 is 4.79 Å². The molecule has 0 spiro atoms. The second-order valence-electron chi connectivity index (χ2n) is 4.24. The van der Waals surface area contributed by atoms with E-state index in [1.807, 2.05) is 19.9 Å². The summed E-state index contributed by atoms with van der Waals surface area (Å²) in [5.74, 6) is -0.125. The maximum Gasteiger partial charge on any atom is 0.221 e. The first-order chi connectivity index (χ1) is 8.90. The zero-order valence-electron chi connectivity index (χ0n) is 10.8. The maximum absolute atomic E-state index is 11.2. The highest BCUT2D eigenvalue weighted by Crippen LogP contribution is 2.27. The summed E-state index contributed by atoms with van der Waals surface area (Å²) >= 11 is 11.9. The molecule has 2 rings (SSSR count). The summed E-state index contributed by atoms with van der Waals surface area (Å²) in [6.07, 6.45) is 0. The number of rotatable bonds is 2. The highest BCUT2D eigenvalue weighted by molar-refractivity contribution is 6.42. The second kappa shape index (κ2) is 5.23. The van der Waals surface area contributed by atoms with Gasteiger partial charge in [0, 0.05) is 6.92 Å². The number of carbonyl (C=O) groups excluding carboxylic acids is 1. The van der Waals surface area contributed by atoms with Gasteiger partial charge in [-0.15, -0.1) is 0 Å². The lowest BCUT2D eigenvalue weighted by Crippen LogP contribution is -2.07. The van der Waals surface area contributed by atoms with Gasteiger partial charge in [-0.1, -0.05) is 23.2 Å². The molecule has 100 valence electrons. The van der Waals surface area contributed by atoms with E-state index in [1.165, 1.54) is 6.92 Å². The molecule has 1 N–H and O–H groups in total. The van der Waals surface area contributed by atoms with Crippen molar-refractivity contribution >= 4 is 34.8 Å². The molecule has 1 aromatic heterocycles. The third-order valence-corrected chi connectivity index (χ3v) is 3.48. The molecule has 0 atom stereocenters. The van der Waals surface area contributed by atoms with E-state index in [2.05, 4.69) is 10.4 Å². The topological polar surface area (TPSA) is 46.9 Å². The molecular formula is C13H13Cl2N3O. The van der Waals surface area contributed by atoms with Crippen molar-refractivity contribution in [1.82, 2.24) is 9.78 Å². The molecule has 19 heavy (non-hydrogen) atoms. The Morgan fingerprint density at radius 1 is 1.26 bits per heavy atom. The summed E-state index contributed by atoms with van der Waals surface area (Å²) in [4.78, 5) is 11.2. The minimum absolute atomic E-state index is 0.125. The van der Waals surface area contributed by atoms with Crippen LogP contribution in [0.2, 0.25) is 10.0 Å². The number of halogens is 2. The zero-order valence-corrected chi connectivity index (χ0v) is 12.3. The van der Waals surface area contributed by atoms with Crippen molar-refractivity contribution in [2.24, 2.45) is 0 Å². The Morgan fingerprint density at radius 3 is 2.53 bits per heavy atom. The first-order valence-corrected chi connectivity index (χ1v) is 6.45. The summed E-state index contributed by atoms with van der Waals surface area (Å²) in [5, 5.41) is 8.14. The van der Waals surface area contributed by atoms with Gasteiger partial charge in [-0.25, -0.2) is 4.68 Å². The number of carbonyl (C=O) groups is 1. The minimum Gasteiger partial charge on any atom is -0.323 e. The zero-order chi connectivity index (χ0) is 14.2. The average molecular weight is 298 g/mol. The van der Waals surface area contributed by atoms with Crippen molar-refractivity contribution in [3.8, 4) is 5.69 Å². The predicted octanol–water partition coefficient (Wildman–Crippen LogP) is 3.75. The van der Waals surface area contributed by atoms with E-state index in [0.29, 0.717) is 10.0 Å². The predicted molar refractivity (Wildman–Crippen MR) is 77.4 cm³/mol. The molecule has 0 radical (unpaired) electrons. The molecular weight excluding hydrogens is 285 g/mol. The normalized spacial score (nSPS) is 10.6. The molecule has 1 aromatic carbocycles. The summed E-state index contributed by atoms with van der Waals surface area (Å²) < 4.78 is 1.73. The van der Waals surface area contributed by atoms with E-state index in [4.69, 9.17) is 23.2 Å². The fraction of sp³-hybridized carbons (Fsp3) is 0.231. The number of aromatic nitrogens is 2. The number of aryl methyl sites for hydroxylation is 1. The lowest BCUT2D eigenvalue weighted by atomic mass is 10.3. The van der Waals surface area contributed by atoms with E-state index >= 15 is 0 Å². The molecule has 1 amide bonds. The van der Waals surface area contributed by atoms with Crippen LogP contribution < -0.4 is 5.32 Å². The first-order valence-electron chi connectivity index (χ1n) is 5.69. The smallest absolute Gasteiger partial charge is 0.221 e. The van der Waals surface area contributed by atoms with Gasteiger partial charge in [0.05, 0.1) is 32.8 Å². The van der Waals surface area contributed by atoms with Crippen LogP contribution in [0, 0.1) is 13.8 Å². The van der Waals surface area contributed by atoms with Crippen molar-refractivity contribution in [3.63, 3.8) is 0 Å². The number of nitrogens with one attached hydrogen (secondary N) is 1. The highest BCUT2D eigenvalue weighted by atomic mass is 35.5. The molecule has 1 heterocycles. The van der Waals surface area contributed by atoms with Crippen LogP contribution in [0.3, 0.4) is 0 Å². The van der Waals surface area contributed by atoms with E-state index < -0.39 is 0 Å². The van der Waals surface area contributed by atoms with Crippen LogP contribution in [0.1, 0.15) is 18.3 Å². The van der Waals surface area contributed by atoms with Gasteiger partial charge in [-0.3, -0.25) is 4.79 Å². The van der Waals surface area contributed by atoms with Gasteiger partial charge >= 0.3 is 0 Å². The number of benzene rings is 1. The fourth-order valence-electron chi connectivity index (χ4n) is 1.87. The van der Waals surface area contributed by atoms with Crippen molar-refractivity contribution in [2.45, 2.75) is 20.8 Å². The number of hydrogen-bond acceptors (Lipinski definition) is 2. The van der Waals surface area contributed by atoms with Crippen LogP contribution in [0.15, 0.2) is 18.2 Å². The standard InChI is InChI=1S/C13H13Cl2N3O/c1-7-13(16-9(3)19)8(2)18(17-7)10-4-5-11(14)12(15)6-10/h4-6H,1-3H3,(H,16,19). The van der Waals surface area contributed by atoms with Gasteiger partial charge < -0.3 is 5.32 Å². The second-order valence-corrected chi connectivity index (χ2v) is 5.05. The van der Waals surface area contributed by atoms with Crippen molar-refractivity contribution in [1.29, 1.82) is 0 Å². The molecule has 0 aliphatic heterocycles. The van der Waals surface area contributed by atoms with E-state index in [1.54, 1.807) is 16.8 Å². The molecule has 6 heteroatoms. The van der Waals surface area contributed by atoms with Crippen LogP contribution in [0.4, 0.5) is 5.69 Å². The Balaban J connectivity index is 2.51. The Morgan fingerprint density at radius 2 is 1.95 bits per heavy atom. The molecule has 0 unspecified atom stereocenters. The molecule has 0 saturated heterocycles. The highest BCUT2D eigenvalue weighted by Gasteiger charge is 2.14. The van der Waals surface area contributed by atoms with Crippen LogP contribution in [0.25, 0.3) is 5.69 Å². The molecule has 0 aliphatic carbocycles. The van der Waals surface area contributed by atoms with Crippen LogP contribution in [-0.2, 0) is 4.79 Å². The number of amides is 1. The van der Waals surface area contributed by atoms with E-state index in [0.717, 1.165) is 22.8 Å². The van der Waals surface area contributed by atoms with Gasteiger partial charge in [-0.05, 0) is 32.0 Å². The van der Waals surface area contributed by atoms with Crippen LogP contribution >= 0.6 is 23.2 Å². The van der Waals surface area contributed by atoms with Crippen molar-refractivity contribution in [2.75, 3.05) is 5.32 Å². The third kappa shape index (κ3) is 2.74. The Hall–Kier alpha value is -1.52. The quantitative estimate of drug-likeness (QED) is 0.917. The molecule has 0 aliphatic rings. The first kappa shape index (κ1) is 13.9. The fourth-order valence-corrected chi connectivity index (χ4v) is 2.16. The number of nitrogens with zero attached hydrogens (tertiary/aromatic N) is 2. The molecule has 0 bridgehead atoms. The number of hydrogen-bond donors (Lipinski definition) is 1. The summed E-state index contributed by atoms with van der Waals surface area (Å²) in [6, 6.07) is 5.28. The van der Waals surface area contributed by atoms with Gasteiger partial charge in [0.1, 0.15) is 0 Å². The lowest BCUT2D eigenvalue weighted by Gasteiger charge is -2.06. The minimum atomic E-state index is -0.125. The third-order valence-electron chi connectivity index (χ3n) is 2.74. The van der Waals surface area contributed by atoms with Crippen molar-refractivity contribution in [3.05, 3.63) is 39.6 Å². The summed E-state index contributed by atoms with van der Waals surface area (Å²) in [6.45, 7) is 5.19. The van der Waals surface area contributed by atoms with Gasteiger partial charge in [0.2, 0.25) is 5.91 Å². The van der Waals surface area contributed by atoms with Gasteiger partial charge in [0.25, 0.3) is 0 Å². The lowest BCUT2D eigenvalue weighted by molar-refractivity contribution is -0.114. The number of anilines is 1. The Bertz CT molecular complexity index is 650. The van der Waals surface area contributed by atoms with Crippen LogP contribution in [-0.4, -0.2) is 15.7 Å². The monoisotopic (exact) mass is 297 g/mol. The van der Waals surface area contributed by atoms with Gasteiger partial charge in [-0.2, -0.15) is 5.10 Å². The molecule has 2 aromatic rings. The Kier molecular flexibility index (Phi) is 3.83. The van der Waals surface area contributed by atoms with Gasteiger partial charge in [0.15, 0.2) is 0 Å². The molecule has 0 fully saturated rings.